The van der Waals surface area contributed by atoms with Crippen LogP contribution in [0.4, 0.5) is 0 Å². The molecule has 15 heavy (non-hydrogen) atoms. The van der Waals surface area contributed by atoms with Gasteiger partial charge in [0.05, 0.1) is 6.61 Å². The summed E-state index contributed by atoms with van der Waals surface area (Å²) in [4.78, 5) is 10.6. The van der Waals surface area contributed by atoms with Crippen molar-refractivity contribution in [1.29, 1.82) is 0 Å². The van der Waals surface area contributed by atoms with Gasteiger partial charge in [-0.2, -0.15) is 0 Å². The van der Waals surface area contributed by atoms with Crippen molar-refractivity contribution < 1.29 is 9.53 Å². The van der Waals surface area contributed by atoms with Crippen LogP contribution in [0.2, 0.25) is 0 Å². The SMILES string of the molecule is CC(=O)OCCc1c(I)ccc(I)c1I. The summed E-state index contributed by atoms with van der Waals surface area (Å²) in [6, 6.07) is 4.19. The molecule has 0 spiro atoms. The van der Waals surface area contributed by atoms with Crippen molar-refractivity contribution in [2.24, 2.45) is 0 Å². The van der Waals surface area contributed by atoms with E-state index in [-0.39, 0.29) is 5.97 Å². The van der Waals surface area contributed by atoms with Crippen LogP contribution in [0.5, 0.6) is 0 Å². The van der Waals surface area contributed by atoms with Crippen molar-refractivity contribution in [3.05, 3.63) is 28.4 Å². The summed E-state index contributed by atoms with van der Waals surface area (Å²) in [6.45, 7) is 1.89. The highest BCUT2D eigenvalue weighted by Crippen LogP contribution is 2.24. The number of hydrogen-bond acceptors (Lipinski definition) is 2. The molecule has 0 heterocycles. The highest BCUT2D eigenvalue weighted by Gasteiger charge is 2.08. The Balaban J connectivity index is 2.75. The smallest absolute Gasteiger partial charge is 0.302 e. The lowest BCUT2D eigenvalue weighted by Gasteiger charge is -2.09. The van der Waals surface area contributed by atoms with Gasteiger partial charge in [0.1, 0.15) is 0 Å². The Morgan fingerprint density at radius 2 is 1.87 bits per heavy atom. The fourth-order valence-corrected chi connectivity index (χ4v) is 3.58. The molecule has 5 heteroatoms. The van der Waals surface area contributed by atoms with Gasteiger partial charge in [-0.1, -0.05) is 0 Å². The standard InChI is InChI=1S/C10H9I3O2/c1-6(14)15-5-4-7-8(11)2-3-9(12)10(7)13/h2-3H,4-5H2,1H3. The Kier molecular flexibility index (Phi) is 6.11. The first-order chi connectivity index (χ1) is 7.02. The minimum absolute atomic E-state index is 0.217. The number of benzene rings is 1. The highest BCUT2D eigenvalue weighted by atomic mass is 127. The fourth-order valence-electron chi connectivity index (χ4n) is 1.10. The molecule has 0 bridgehead atoms. The van der Waals surface area contributed by atoms with Crippen molar-refractivity contribution in [3.8, 4) is 0 Å². The third kappa shape index (κ3) is 4.33. The molecule has 82 valence electrons. The zero-order valence-electron chi connectivity index (χ0n) is 8.02. The van der Waals surface area contributed by atoms with Gasteiger partial charge in [0.25, 0.3) is 0 Å². The quantitative estimate of drug-likeness (QED) is 0.332. The van der Waals surface area contributed by atoms with Crippen LogP contribution in [-0.2, 0) is 16.0 Å². The normalized spacial score (nSPS) is 10.1. The van der Waals surface area contributed by atoms with E-state index in [0.717, 1.165) is 6.42 Å². The molecule has 0 atom stereocenters. The molecule has 0 aliphatic heterocycles. The lowest BCUT2D eigenvalue weighted by Crippen LogP contribution is -2.06. The Morgan fingerprint density at radius 3 is 2.47 bits per heavy atom. The molecular weight excluding hydrogens is 533 g/mol. The molecule has 0 amide bonds. The van der Waals surface area contributed by atoms with Crippen LogP contribution < -0.4 is 0 Å². The van der Waals surface area contributed by atoms with Gasteiger partial charge >= 0.3 is 5.97 Å². The lowest BCUT2D eigenvalue weighted by molar-refractivity contribution is -0.140. The molecule has 0 saturated heterocycles. The van der Waals surface area contributed by atoms with E-state index in [2.05, 4.69) is 79.9 Å². The van der Waals surface area contributed by atoms with Crippen LogP contribution >= 0.6 is 67.8 Å². The number of carbonyl (C=O) groups excluding carboxylic acids is 1. The van der Waals surface area contributed by atoms with E-state index in [0.29, 0.717) is 6.61 Å². The molecule has 0 aliphatic carbocycles. The molecule has 0 saturated carbocycles. The lowest BCUT2D eigenvalue weighted by atomic mass is 10.2. The van der Waals surface area contributed by atoms with E-state index in [9.17, 15) is 4.79 Å². The van der Waals surface area contributed by atoms with Crippen LogP contribution in [-0.4, -0.2) is 12.6 Å². The van der Waals surface area contributed by atoms with Gasteiger partial charge in [-0.25, -0.2) is 0 Å². The number of rotatable bonds is 3. The maximum Gasteiger partial charge on any atom is 0.302 e. The molecule has 0 N–H and O–H groups in total. The summed E-state index contributed by atoms with van der Waals surface area (Å²) in [6.07, 6.45) is 0.785. The summed E-state index contributed by atoms with van der Waals surface area (Å²) >= 11 is 6.96. The zero-order chi connectivity index (χ0) is 11.4. The van der Waals surface area contributed by atoms with Crippen LogP contribution in [0.3, 0.4) is 0 Å². The fraction of sp³-hybridized carbons (Fsp3) is 0.300. The van der Waals surface area contributed by atoms with E-state index >= 15 is 0 Å². The van der Waals surface area contributed by atoms with Crippen LogP contribution in [0.1, 0.15) is 12.5 Å². The molecule has 0 aliphatic rings. The maximum atomic E-state index is 10.6. The molecule has 1 aromatic carbocycles. The average molecular weight is 542 g/mol. The molecule has 0 fully saturated rings. The number of esters is 1. The number of hydrogen-bond donors (Lipinski definition) is 0. The molecule has 1 rings (SSSR count). The molecule has 1 aromatic rings. The molecule has 2 nitrogen and oxygen atoms in total. The van der Waals surface area contributed by atoms with Crippen LogP contribution in [0.25, 0.3) is 0 Å². The van der Waals surface area contributed by atoms with E-state index < -0.39 is 0 Å². The van der Waals surface area contributed by atoms with Gasteiger partial charge in [0, 0.05) is 24.1 Å². The predicted molar refractivity (Wildman–Crippen MR) is 84.9 cm³/mol. The van der Waals surface area contributed by atoms with E-state index in [1.165, 1.54) is 23.2 Å². The summed E-state index contributed by atoms with van der Waals surface area (Å²) in [5.74, 6) is -0.217. The Bertz CT molecular complexity index is 377. The van der Waals surface area contributed by atoms with Gasteiger partial charge in [-0.3, -0.25) is 4.79 Å². The second-order valence-electron chi connectivity index (χ2n) is 2.91. The third-order valence-electron chi connectivity index (χ3n) is 1.80. The van der Waals surface area contributed by atoms with E-state index in [1.807, 2.05) is 0 Å². The van der Waals surface area contributed by atoms with Crippen molar-refractivity contribution in [1.82, 2.24) is 0 Å². The van der Waals surface area contributed by atoms with Crippen molar-refractivity contribution >= 4 is 73.7 Å². The summed E-state index contributed by atoms with van der Waals surface area (Å²) in [5.41, 5.74) is 1.27. The van der Waals surface area contributed by atoms with Crippen molar-refractivity contribution in [2.75, 3.05) is 6.61 Å². The summed E-state index contributed by atoms with van der Waals surface area (Å²) < 4.78 is 8.67. The third-order valence-corrected chi connectivity index (χ3v) is 5.97. The minimum Gasteiger partial charge on any atom is -0.466 e. The summed E-state index contributed by atoms with van der Waals surface area (Å²) in [7, 11) is 0. The Hall–Kier alpha value is 0.880. The van der Waals surface area contributed by atoms with Gasteiger partial charge in [0.15, 0.2) is 0 Å². The minimum atomic E-state index is -0.217. The van der Waals surface area contributed by atoms with Gasteiger partial charge in [-0.15, -0.1) is 0 Å². The predicted octanol–water partition coefficient (Wildman–Crippen LogP) is 3.61. The topological polar surface area (TPSA) is 26.3 Å². The van der Waals surface area contributed by atoms with Gasteiger partial charge in [-0.05, 0) is 85.5 Å². The number of carbonyl (C=O) groups is 1. The second-order valence-corrected chi connectivity index (χ2v) is 6.31. The highest BCUT2D eigenvalue weighted by molar-refractivity contribution is 14.1. The maximum absolute atomic E-state index is 10.6. The zero-order valence-corrected chi connectivity index (χ0v) is 14.5. The molecule has 0 unspecified atom stereocenters. The monoisotopic (exact) mass is 542 g/mol. The molecule has 0 radical (unpaired) electrons. The Morgan fingerprint density at radius 1 is 1.27 bits per heavy atom. The van der Waals surface area contributed by atoms with E-state index in [1.54, 1.807) is 0 Å². The van der Waals surface area contributed by atoms with Crippen molar-refractivity contribution in [3.63, 3.8) is 0 Å². The molecule has 0 aromatic heterocycles. The average Bonchev–Trinajstić information content (AvgIpc) is 2.17. The molecular formula is C10H9I3O2. The number of ether oxygens (including phenoxy) is 1. The first kappa shape index (κ1) is 13.9. The number of halogens is 3. The van der Waals surface area contributed by atoms with E-state index in [4.69, 9.17) is 4.74 Å². The van der Waals surface area contributed by atoms with Gasteiger partial charge in [0.2, 0.25) is 0 Å². The second kappa shape index (κ2) is 6.58. The summed E-state index contributed by atoms with van der Waals surface area (Å²) in [5, 5.41) is 0. The van der Waals surface area contributed by atoms with Crippen LogP contribution in [0, 0.1) is 10.7 Å². The Labute approximate surface area is 130 Å². The first-order valence-corrected chi connectivity index (χ1v) is 7.51. The van der Waals surface area contributed by atoms with Crippen molar-refractivity contribution in [2.45, 2.75) is 13.3 Å². The van der Waals surface area contributed by atoms with Crippen LogP contribution in [0.15, 0.2) is 12.1 Å². The largest absolute Gasteiger partial charge is 0.466 e. The first-order valence-electron chi connectivity index (χ1n) is 4.28. The van der Waals surface area contributed by atoms with Gasteiger partial charge < -0.3 is 4.74 Å².